The van der Waals surface area contributed by atoms with Gasteiger partial charge in [0.2, 0.25) is 0 Å². The van der Waals surface area contributed by atoms with Crippen LogP contribution in [0.1, 0.15) is 11.6 Å². The summed E-state index contributed by atoms with van der Waals surface area (Å²) in [5, 5.41) is 11.3. The summed E-state index contributed by atoms with van der Waals surface area (Å²) in [6.07, 6.45) is 0. The molecule has 3 nitrogen and oxygen atoms in total. The number of nitrogens with one attached hydrogen (secondary N) is 1. The van der Waals surface area contributed by atoms with E-state index in [2.05, 4.69) is 5.32 Å². The Labute approximate surface area is 85.5 Å². The van der Waals surface area contributed by atoms with Gasteiger partial charge in [-0.2, -0.15) is 0 Å². The molecule has 0 spiro atoms. The van der Waals surface area contributed by atoms with Crippen LogP contribution in [-0.4, -0.2) is 18.1 Å². The van der Waals surface area contributed by atoms with E-state index in [1.807, 2.05) is 0 Å². The second-order valence-electron chi connectivity index (χ2n) is 2.73. The molecule has 1 aromatic carbocycles. The molecule has 0 fully saturated rings. The van der Waals surface area contributed by atoms with Crippen LogP contribution in [0.2, 0.25) is 5.02 Å². The Balaban J connectivity index is 3.06. The maximum Gasteiger partial charge on any atom is 0.325 e. The third-order valence-corrected chi connectivity index (χ3v) is 2.12. The van der Waals surface area contributed by atoms with Crippen LogP contribution in [0.15, 0.2) is 18.2 Å². The summed E-state index contributed by atoms with van der Waals surface area (Å²) in [6.45, 7) is 0. The smallest absolute Gasteiger partial charge is 0.325 e. The first-order valence-electron chi connectivity index (χ1n) is 3.91. The van der Waals surface area contributed by atoms with Gasteiger partial charge in [0.1, 0.15) is 11.9 Å². The van der Waals surface area contributed by atoms with Crippen LogP contribution in [0, 0.1) is 5.82 Å². The molecule has 1 atom stereocenters. The Morgan fingerprint density at radius 2 is 2.29 bits per heavy atom. The van der Waals surface area contributed by atoms with Crippen LogP contribution in [0.25, 0.3) is 0 Å². The van der Waals surface area contributed by atoms with Gasteiger partial charge in [0, 0.05) is 0 Å². The predicted molar refractivity (Wildman–Crippen MR) is 50.8 cm³/mol. The van der Waals surface area contributed by atoms with Crippen molar-refractivity contribution in [2.75, 3.05) is 7.05 Å². The van der Waals surface area contributed by atoms with Crippen molar-refractivity contribution in [2.24, 2.45) is 0 Å². The minimum Gasteiger partial charge on any atom is -0.480 e. The van der Waals surface area contributed by atoms with Gasteiger partial charge in [-0.15, -0.1) is 0 Å². The molecule has 0 aliphatic heterocycles. The van der Waals surface area contributed by atoms with Gasteiger partial charge in [0.25, 0.3) is 0 Å². The minimum atomic E-state index is -1.06. The van der Waals surface area contributed by atoms with Crippen molar-refractivity contribution < 1.29 is 14.3 Å². The molecule has 0 bridgehead atoms. The van der Waals surface area contributed by atoms with E-state index in [9.17, 15) is 9.18 Å². The fraction of sp³-hybridized carbons (Fsp3) is 0.222. The van der Waals surface area contributed by atoms with Gasteiger partial charge in [0.05, 0.1) is 5.02 Å². The first-order valence-corrected chi connectivity index (χ1v) is 4.29. The van der Waals surface area contributed by atoms with Crippen LogP contribution < -0.4 is 5.32 Å². The van der Waals surface area contributed by atoms with E-state index in [0.717, 1.165) is 6.07 Å². The molecule has 0 aliphatic rings. The molecule has 76 valence electrons. The van der Waals surface area contributed by atoms with E-state index in [-0.39, 0.29) is 5.02 Å². The number of rotatable bonds is 3. The van der Waals surface area contributed by atoms with Crippen LogP contribution in [0.5, 0.6) is 0 Å². The average Bonchev–Trinajstić information content (AvgIpc) is 2.11. The van der Waals surface area contributed by atoms with Gasteiger partial charge in [-0.3, -0.25) is 4.79 Å². The van der Waals surface area contributed by atoms with Crippen LogP contribution in [0.4, 0.5) is 4.39 Å². The number of carbonyl (C=O) groups is 1. The van der Waals surface area contributed by atoms with Crippen LogP contribution in [0.3, 0.4) is 0 Å². The van der Waals surface area contributed by atoms with Crippen LogP contribution in [-0.2, 0) is 4.79 Å². The summed E-state index contributed by atoms with van der Waals surface area (Å²) in [5.74, 6) is -1.68. The highest BCUT2D eigenvalue weighted by Crippen LogP contribution is 2.20. The number of hydrogen-bond acceptors (Lipinski definition) is 2. The molecule has 1 aromatic rings. The number of carboxylic acid groups (broad SMARTS) is 1. The van der Waals surface area contributed by atoms with Gasteiger partial charge in [-0.1, -0.05) is 17.7 Å². The molecule has 0 aliphatic carbocycles. The van der Waals surface area contributed by atoms with Crippen LogP contribution >= 0.6 is 11.6 Å². The topological polar surface area (TPSA) is 49.3 Å². The standard InChI is InChI=1S/C9H9ClFNO2/c1-12-8(9(13)14)5-2-3-6(10)7(11)4-5/h2-4,8,12H,1H3,(H,13,14). The Bertz CT molecular complexity index is 357. The van der Waals surface area contributed by atoms with Crippen molar-refractivity contribution >= 4 is 17.6 Å². The Morgan fingerprint density at radius 1 is 1.64 bits per heavy atom. The minimum absolute atomic E-state index is 0.0195. The largest absolute Gasteiger partial charge is 0.480 e. The van der Waals surface area contributed by atoms with E-state index in [1.165, 1.54) is 19.2 Å². The number of aliphatic carboxylic acids is 1. The fourth-order valence-electron chi connectivity index (χ4n) is 1.12. The average molecular weight is 218 g/mol. The number of carboxylic acids is 1. The molecule has 0 radical (unpaired) electrons. The van der Waals surface area contributed by atoms with Crippen molar-refractivity contribution in [3.63, 3.8) is 0 Å². The zero-order valence-electron chi connectivity index (χ0n) is 7.42. The monoisotopic (exact) mass is 217 g/mol. The van der Waals surface area contributed by atoms with Crippen molar-refractivity contribution in [1.82, 2.24) is 5.32 Å². The summed E-state index contributed by atoms with van der Waals surface area (Å²) < 4.78 is 13.0. The summed E-state index contributed by atoms with van der Waals surface area (Å²) in [6, 6.07) is 3.00. The molecule has 0 amide bonds. The summed E-state index contributed by atoms with van der Waals surface area (Å²) in [7, 11) is 1.49. The second kappa shape index (κ2) is 4.39. The highest BCUT2D eigenvalue weighted by Gasteiger charge is 2.18. The molecular weight excluding hydrogens is 209 g/mol. The molecule has 0 aromatic heterocycles. The van der Waals surface area contributed by atoms with E-state index in [0.29, 0.717) is 5.56 Å². The van der Waals surface area contributed by atoms with E-state index in [4.69, 9.17) is 16.7 Å². The number of halogens is 2. The first-order chi connectivity index (χ1) is 6.56. The van der Waals surface area contributed by atoms with Crippen molar-refractivity contribution in [3.8, 4) is 0 Å². The number of likely N-dealkylation sites (N-methyl/N-ethyl adjacent to an activating group) is 1. The van der Waals surface area contributed by atoms with Gasteiger partial charge in [0.15, 0.2) is 0 Å². The molecule has 0 saturated carbocycles. The molecular formula is C9H9ClFNO2. The first kappa shape index (κ1) is 10.9. The molecule has 1 rings (SSSR count). The van der Waals surface area contributed by atoms with Crippen molar-refractivity contribution in [3.05, 3.63) is 34.6 Å². The normalized spacial score (nSPS) is 12.5. The Kier molecular flexibility index (Phi) is 3.43. The lowest BCUT2D eigenvalue weighted by Crippen LogP contribution is -2.24. The quantitative estimate of drug-likeness (QED) is 0.812. The summed E-state index contributed by atoms with van der Waals surface area (Å²) in [4.78, 5) is 10.7. The molecule has 14 heavy (non-hydrogen) atoms. The fourth-order valence-corrected chi connectivity index (χ4v) is 1.24. The predicted octanol–water partition coefficient (Wildman–Crippen LogP) is 1.82. The zero-order valence-corrected chi connectivity index (χ0v) is 8.18. The lowest BCUT2D eigenvalue weighted by atomic mass is 10.1. The van der Waals surface area contributed by atoms with Gasteiger partial charge >= 0.3 is 5.97 Å². The third-order valence-electron chi connectivity index (χ3n) is 1.81. The van der Waals surface area contributed by atoms with Gasteiger partial charge in [-0.25, -0.2) is 4.39 Å². The highest BCUT2D eigenvalue weighted by molar-refractivity contribution is 6.30. The van der Waals surface area contributed by atoms with E-state index >= 15 is 0 Å². The number of hydrogen-bond donors (Lipinski definition) is 2. The Hall–Kier alpha value is -1.13. The summed E-state index contributed by atoms with van der Waals surface area (Å²) in [5.41, 5.74) is 0.335. The summed E-state index contributed by atoms with van der Waals surface area (Å²) >= 11 is 5.47. The van der Waals surface area contributed by atoms with Crippen molar-refractivity contribution in [2.45, 2.75) is 6.04 Å². The maximum atomic E-state index is 13.0. The lowest BCUT2D eigenvalue weighted by Gasteiger charge is -2.11. The highest BCUT2D eigenvalue weighted by atomic mass is 35.5. The maximum absolute atomic E-state index is 13.0. The molecule has 2 N–H and O–H groups in total. The molecule has 0 heterocycles. The molecule has 1 unspecified atom stereocenters. The van der Waals surface area contributed by atoms with Gasteiger partial charge in [-0.05, 0) is 24.7 Å². The Morgan fingerprint density at radius 3 is 2.71 bits per heavy atom. The molecule has 0 saturated heterocycles. The van der Waals surface area contributed by atoms with E-state index in [1.54, 1.807) is 0 Å². The van der Waals surface area contributed by atoms with E-state index < -0.39 is 17.8 Å². The SMILES string of the molecule is CNC(C(=O)O)c1ccc(Cl)c(F)c1. The lowest BCUT2D eigenvalue weighted by molar-refractivity contribution is -0.139. The van der Waals surface area contributed by atoms with Crippen molar-refractivity contribution in [1.29, 1.82) is 0 Å². The number of benzene rings is 1. The van der Waals surface area contributed by atoms with Gasteiger partial charge < -0.3 is 10.4 Å². The molecule has 5 heteroatoms. The zero-order chi connectivity index (χ0) is 10.7. The third kappa shape index (κ3) is 2.21. The second-order valence-corrected chi connectivity index (χ2v) is 3.14.